The number of nitrogens with two attached hydrogens (primary N) is 2. The maximum Gasteiger partial charge on any atom is 0.165 e. The van der Waals surface area contributed by atoms with Crippen LogP contribution < -0.4 is 16.2 Å². The Hall–Kier alpha value is -1.38. The highest BCUT2D eigenvalue weighted by Crippen LogP contribution is 2.30. The molecule has 0 atom stereocenters. The van der Waals surface area contributed by atoms with Crippen LogP contribution in [0.5, 0.6) is 5.75 Å². The molecule has 1 rings (SSSR count). The number of ether oxygens (including phenoxy) is 1. The van der Waals surface area contributed by atoms with Gasteiger partial charge in [-0.2, -0.15) is 0 Å². The van der Waals surface area contributed by atoms with Crippen LogP contribution in [0.4, 0.5) is 11.4 Å². The normalized spacial score (nSPS) is 10.5. The number of anilines is 2. The summed E-state index contributed by atoms with van der Waals surface area (Å²) in [5, 5.41) is 0. The van der Waals surface area contributed by atoms with E-state index in [0.717, 1.165) is 5.56 Å². The molecule has 72 valence electrons. The van der Waals surface area contributed by atoms with E-state index in [2.05, 4.69) is 0 Å². The molecule has 0 saturated carbocycles. The van der Waals surface area contributed by atoms with Crippen molar-refractivity contribution < 1.29 is 4.74 Å². The zero-order valence-corrected chi connectivity index (χ0v) is 8.29. The topological polar surface area (TPSA) is 61.3 Å². The molecule has 0 heterocycles. The first-order valence-electron chi connectivity index (χ1n) is 4.33. The first-order valence-corrected chi connectivity index (χ1v) is 4.33. The van der Waals surface area contributed by atoms with Gasteiger partial charge in [0.15, 0.2) is 5.75 Å². The molecule has 0 saturated heterocycles. The molecule has 0 unspecified atom stereocenters. The lowest BCUT2D eigenvalue weighted by Crippen LogP contribution is -2.09. The van der Waals surface area contributed by atoms with Crippen LogP contribution in [0.15, 0.2) is 12.1 Å². The Morgan fingerprint density at radius 3 is 2.00 bits per heavy atom. The monoisotopic (exact) mass is 180 g/mol. The SMILES string of the molecule is Cc1cc(N)c(OC(C)C)c(N)c1. The van der Waals surface area contributed by atoms with Crippen LogP contribution in [0.25, 0.3) is 0 Å². The molecular weight excluding hydrogens is 164 g/mol. The minimum Gasteiger partial charge on any atom is -0.487 e. The first-order chi connectivity index (χ1) is 6.00. The second-order valence-corrected chi connectivity index (χ2v) is 3.44. The molecule has 0 spiro atoms. The summed E-state index contributed by atoms with van der Waals surface area (Å²) >= 11 is 0. The molecule has 1 aromatic rings. The summed E-state index contributed by atoms with van der Waals surface area (Å²) in [5.74, 6) is 0.598. The van der Waals surface area contributed by atoms with Crippen molar-refractivity contribution in [2.75, 3.05) is 11.5 Å². The average Bonchev–Trinajstić information content (AvgIpc) is 1.96. The predicted octanol–water partition coefficient (Wildman–Crippen LogP) is 1.95. The van der Waals surface area contributed by atoms with Gasteiger partial charge >= 0.3 is 0 Å². The van der Waals surface area contributed by atoms with Crippen molar-refractivity contribution in [3.8, 4) is 5.75 Å². The zero-order valence-electron chi connectivity index (χ0n) is 8.29. The number of aryl methyl sites for hydroxylation is 1. The lowest BCUT2D eigenvalue weighted by Gasteiger charge is -2.14. The summed E-state index contributed by atoms with van der Waals surface area (Å²) in [6.45, 7) is 5.84. The number of hydrogen-bond donors (Lipinski definition) is 2. The number of rotatable bonds is 2. The average molecular weight is 180 g/mol. The van der Waals surface area contributed by atoms with Gasteiger partial charge in [0, 0.05) is 0 Å². The van der Waals surface area contributed by atoms with Gasteiger partial charge in [-0.15, -0.1) is 0 Å². The molecule has 0 bridgehead atoms. The Morgan fingerprint density at radius 1 is 1.15 bits per heavy atom. The molecule has 1 aromatic carbocycles. The third-order valence-electron chi connectivity index (χ3n) is 1.64. The summed E-state index contributed by atoms with van der Waals surface area (Å²) in [7, 11) is 0. The van der Waals surface area contributed by atoms with Crippen LogP contribution in [0, 0.1) is 6.92 Å². The van der Waals surface area contributed by atoms with E-state index in [4.69, 9.17) is 16.2 Å². The summed E-state index contributed by atoms with van der Waals surface area (Å²) in [5.41, 5.74) is 13.8. The van der Waals surface area contributed by atoms with Crippen molar-refractivity contribution in [1.82, 2.24) is 0 Å². The van der Waals surface area contributed by atoms with Crippen LogP contribution in [0.2, 0.25) is 0 Å². The number of nitrogen functional groups attached to an aromatic ring is 2. The second kappa shape index (κ2) is 3.56. The van der Waals surface area contributed by atoms with E-state index in [9.17, 15) is 0 Å². The van der Waals surface area contributed by atoms with Gasteiger partial charge in [-0.3, -0.25) is 0 Å². The lowest BCUT2D eigenvalue weighted by atomic mass is 10.2. The van der Waals surface area contributed by atoms with E-state index < -0.39 is 0 Å². The van der Waals surface area contributed by atoms with Gasteiger partial charge in [0.2, 0.25) is 0 Å². The first kappa shape index (κ1) is 9.71. The van der Waals surface area contributed by atoms with Crippen molar-refractivity contribution in [2.45, 2.75) is 26.9 Å². The summed E-state index contributed by atoms with van der Waals surface area (Å²) in [6.07, 6.45) is 0.0901. The molecule has 3 nitrogen and oxygen atoms in total. The van der Waals surface area contributed by atoms with Gasteiger partial charge in [-0.1, -0.05) is 0 Å². The quantitative estimate of drug-likeness (QED) is 0.684. The smallest absolute Gasteiger partial charge is 0.165 e. The summed E-state index contributed by atoms with van der Waals surface area (Å²) < 4.78 is 5.48. The molecule has 0 amide bonds. The Balaban J connectivity index is 3.06. The fraction of sp³-hybridized carbons (Fsp3) is 0.400. The third-order valence-corrected chi connectivity index (χ3v) is 1.64. The largest absolute Gasteiger partial charge is 0.487 e. The van der Waals surface area contributed by atoms with Crippen molar-refractivity contribution in [3.63, 3.8) is 0 Å². The minimum atomic E-state index is 0.0901. The zero-order chi connectivity index (χ0) is 10.0. The molecule has 0 aliphatic carbocycles. The molecule has 13 heavy (non-hydrogen) atoms. The highest BCUT2D eigenvalue weighted by Gasteiger charge is 2.07. The second-order valence-electron chi connectivity index (χ2n) is 3.44. The van der Waals surface area contributed by atoms with Gasteiger partial charge in [0.05, 0.1) is 17.5 Å². The van der Waals surface area contributed by atoms with Gasteiger partial charge in [0.1, 0.15) is 0 Å². The van der Waals surface area contributed by atoms with E-state index >= 15 is 0 Å². The van der Waals surface area contributed by atoms with Gasteiger partial charge < -0.3 is 16.2 Å². The lowest BCUT2D eigenvalue weighted by molar-refractivity contribution is 0.245. The van der Waals surface area contributed by atoms with Crippen molar-refractivity contribution in [3.05, 3.63) is 17.7 Å². The Morgan fingerprint density at radius 2 is 1.62 bits per heavy atom. The van der Waals surface area contributed by atoms with Crippen LogP contribution in [0.3, 0.4) is 0 Å². The molecule has 4 N–H and O–H groups in total. The van der Waals surface area contributed by atoms with Gasteiger partial charge in [0.25, 0.3) is 0 Å². The van der Waals surface area contributed by atoms with E-state index in [1.165, 1.54) is 0 Å². The van der Waals surface area contributed by atoms with Gasteiger partial charge in [-0.05, 0) is 38.5 Å². The molecule has 3 heteroatoms. The highest BCUT2D eigenvalue weighted by molar-refractivity contribution is 5.68. The van der Waals surface area contributed by atoms with Crippen LogP contribution in [0.1, 0.15) is 19.4 Å². The van der Waals surface area contributed by atoms with Crippen molar-refractivity contribution >= 4 is 11.4 Å². The fourth-order valence-corrected chi connectivity index (χ4v) is 1.20. The third kappa shape index (κ3) is 2.28. The van der Waals surface area contributed by atoms with Crippen LogP contribution in [-0.4, -0.2) is 6.10 Å². The Bertz CT molecular complexity index is 285. The van der Waals surface area contributed by atoms with Crippen LogP contribution in [-0.2, 0) is 0 Å². The summed E-state index contributed by atoms with van der Waals surface area (Å²) in [6, 6.07) is 3.71. The number of benzene rings is 1. The standard InChI is InChI=1S/C10H16N2O/c1-6(2)13-10-8(11)4-7(3)5-9(10)12/h4-6H,11-12H2,1-3H3. The highest BCUT2D eigenvalue weighted by atomic mass is 16.5. The van der Waals surface area contributed by atoms with Crippen molar-refractivity contribution in [1.29, 1.82) is 0 Å². The van der Waals surface area contributed by atoms with Crippen LogP contribution >= 0.6 is 0 Å². The maximum atomic E-state index is 5.77. The molecule has 0 fully saturated rings. The van der Waals surface area contributed by atoms with Gasteiger partial charge in [-0.25, -0.2) is 0 Å². The molecule has 0 aliphatic heterocycles. The van der Waals surface area contributed by atoms with E-state index in [1.807, 2.05) is 32.9 Å². The Kier molecular flexibility index (Phi) is 2.66. The molecule has 0 radical (unpaired) electrons. The predicted molar refractivity (Wildman–Crippen MR) is 55.8 cm³/mol. The van der Waals surface area contributed by atoms with E-state index in [1.54, 1.807) is 0 Å². The summed E-state index contributed by atoms with van der Waals surface area (Å²) in [4.78, 5) is 0. The molecule has 0 aromatic heterocycles. The minimum absolute atomic E-state index is 0.0901. The van der Waals surface area contributed by atoms with Crippen molar-refractivity contribution in [2.24, 2.45) is 0 Å². The molecular formula is C10H16N2O. The maximum absolute atomic E-state index is 5.77. The van der Waals surface area contributed by atoms with E-state index in [-0.39, 0.29) is 6.10 Å². The fourth-order valence-electron chi connectivity index (χ4n) is 1.20. The number of hydrogen-bond acceptors (Lipinski definition) is 3. The Labute approximate surface area is 78.7 Å². The van der Waals surface area contributed by atoms with E-state index in [0.29, 0.717) is 17.1 Å². The molecule has 0 aliphatic rings.